The van der Waals surface area contributed by atoms with Crippen LogP contribution in [0.5, 0.6) is 0 Å². The van der Waals surface area contributed by atoms with Crippen LogP contribution in [-0.2, 0) is 19.1 Å². The van der Waals surface area contributed by atoms with Crippen molar-refractivity contribution in [3.05, 3.63) is 35.4 Å². The Morgan fingerprint density at radius 2 is 1.92 bits per heavy atom. The maximum absolute atomic E-state index is 12.6. The van der Waals surface area contributed by atoms with Crippen LogP contribution in [0.25, 0.3) is 0 Å². The Hall–Kier alpha value is -2.25. The van der Waals surface area contributed by atoms with Crippen LogP contribution in [0.1, 0.15) is 17.2 Å². The molecule has 0 bridgehead atoms. The van der Waals surface area contributed by atoms with Crippen molar-refractivity contribution in [1.82, 2.24) is 4.90 Å². The summed E-state index contributed by atoms with van der Waals surface area (Å²) in [6, 6.07) is 7.17. The number of carbonyl (C=O) groups excluding carboxylic acids is 3. The summed E-state index contributed by atoms with van der Waals surface area (Å²) in [5.41, 5.74) is 0.416. The van der Waals surface area contributed by atoms with Crippen LogP contribution >= 0.6 is 0 Å². The summed E-state index contributed by atoms with van der Waals surface area (Å²) in [7, 11) is 2.63. The lowest BCUT2D eigenvalue weighted by Gasteiger charge is -2.26. The number of benzene rings is 1. The van der Waals surface area contributed by atoms with Crippen molar-refractivity contribution in [2.75, 3.05) is 20.8 Å². The van der Waals surface area contributed by atoms with Gasteiger partial charge >= 0.3 is 5.97 Å². The summed E-state index contributed by atoms with van der Waals surface area (Å²) in [4.78, 5) is 38.7. The monoisotopic (exact) mass is 333 g/mol. The Labute approximate surface area is 139 Å². The van der Waals surface area contributed by atoms with E-state index >= 15 is 0 Å². The summed E-state index contributed by atoms with van der Waals surface area (Å²) >= 11 is 0. The number of methoxy groups -OCH3 is 1. The molecule has 0 spiro atoms. The van der Waals surface area contributed by atoms with Crippen molar-refractivity contribution in [1.29, 1.82) is 0 Å². The van der Waals surface area contributed by atoms with Gasteiger partial charge in [0.15, 0.2) is 0 Å². The summed E-state index contributed by atoms with van der Waals surface area (Å²) < 4.78 is 4.85. The van der Waals surface area contributed by atoms with E-state index in [0.29, 0.717) is 0 Å². The first-order valence-corrected chi connectivity index (χ1v) is 7.80. The third kappa shape index (κ3) is 2.08. The minimum atomic E-state index is -1.49. The first-order valence-electron chi connectivity index (χ1n) is 7.80. The molecule has 2 heterocycles. The average Bonchev–Trinajstić information content (AvgIpc) is 3.05. The number of aryl methyl sites for hydroxylation is 1. The first kappa shape index (κ1) is 16.6. The van der Waals surface area contributed by atoms with Gasteiger partial charge in [0, 0.05) is 12.6 Å². The van der Waals surface area contributed by atoms with Crippen molar-refractivity contribution < 1.29 is 29.5 Å². The van der Waals surface area contributed by atoms with Crippen molar-refractivity contribution in [2.45, 2.75) is 18.5 Å². The molecule has 2 aliphatic heterocycles. The third-order valence-electron chi connectivity index (χ3n) is 5.28. The molecule has 2 amide bonds. The van der Waals surface area contributed by atoms with E-state index in [1.54, 1.807) is 5.32 Å². The van der Waals surface area contributed by atoms with Crippen LogP contribution in [0.3, 0.4) is 0 Å². The smallest absolute Gasteiger partial charge is 0.371 e. The van der Waals surface area contributed by atoms with Crippen LogP contribution in [0, 0.1) is 18.8 Å². The maximum Gasteiger partial charge on any atom is 0.371 e. The zero-order valence-electron chi connectivity index (χ0n) is 13.9. The number of aliphatic hydroxyl groups is 1. The first-order chi connectivity index (χ1) is 11.4. The Balaban J connectivity index is 2.12. The lowest BCUT2D eigenvalue weighted by molar-refractivity contribution is -0.735. The van der Waals surface area contributed by atoms with E-state index in [-0.39, 0.29) is 5.91 Å². The molecule has 0 saturated carbocycles. The number of carbonyl (C=O) groups is 3. The van der Waals surface area contributed by atoms with Gasteiger partial charge in [-0.2, -0.15) is 0 Å². The fourth-order valence-electron chi connectivity index (χ4n) is 3.96. The summed E-state index contributed by atoms with van der Waals surface area (Å²) in [5.74, 6) is -3.09. The van der Waals surface area contributed by atoms with Gasteiger partial charge in [0.2, 0.25) is 17.4 Å². The summed E-state index contributed by atoms with van der Waals surface area (Å²) in [5, 5.41) is 11.6. The molecule has 2 aliphatic rings. The predicted octanol–water partition coefficient (Wildman–Crippen LogP) is -1.25. The molecule has 0 aromatic heterocycles. The van der Waals surface area contributed by atoms with Crippen molar-refractivity contribution in [2.24, 2.45) is 11.8 Å². The minimum absolute atomic E-state index is 0.328. The minimum Gasteiger partial charge on any atom is -0.464 e. The lowest BCUT2D eigenvalue weighted by Crippen LogP contribution is -2.99. The number of imide groups is 1. The quantitative estimate of drug-likeness (QED) is 0.532. The van der Waals surface area contributed by atoms with Gasteiger partial charge in [-0.1, -0.05) is 29.8 Å². The Morgan fingerprint density at radius 1 is 1.29 bits per heavy atom. The average molecular weight is 333 g/mol. The highest BCUT2D eigenvalue weighted by Crippen LogP contribution is 2.43. The van der Waals surface area contributed by atoms with E-state index in [1.165, 1.54) is 14.2 Å². The van der Waals surface area contributed by atoms with Crippen molar-refractivity contribution >= 4 is 17.8 Å². The normalized spacial score (nSPS) is 32.2. The van der Waals surface area contributed by atoms with Crippen LogP contribution in [0.15, 0.2) is 24.3 Å². The Kier molecular flexibility index (Phi) is 3.93. The highest BCUT2D eigenvalue weighted by molar-refractivity contribution is 6.08. The second-order valence-electron chi connectivity index (χ2n) is 6.53. The van der Waals surface area contributed by atoms with E-state index in [2.05, 4.69) is 0 Å². The van der Waals surface area contributed by atoms with Crippen LogP contribution in [0.4, 0.5) is 0 Å². The Morgan fingerprint density at radius 3 is 2.46 bits per heavy atom. The topological polar surface area (TPSA) is 101 Å². The van der Waals surface area contributed by atoms with Gasteiger partial charge in [0.05, 0.1) is 7.11 Å². The lowest BCUT2D eigenvalue weighted by atomic mass is 9.79. The summed E-state index contributed by atoms with van der Waals surface area (Å²) in [6.45, 7) is 1.38. The van der Waals surface area contributed by atoms with Gasteiger partial charge in [0.1, 0.15) is 24.5 Å². The number of likely N-dealkylation sites (tertiary alicyclic amines) is 1. The fraction of sp³-hybridized carbons (Fsp3) is 0.471. The molecule has 2 fully saturated rings. The molecule has 3 N–H and O–H groups in total. The molecule has 0 radical (unpaired) electrons. The SMILES string of the molecule is COC(=O)[C@@]1(CO)[NH2+][C@H](c2ccc(C)cc2)[C@@H]2C(=O)N(C)C(=O)[C@H]21. The highest BCUT2D eigenvalue weighted by Gasteiger charge is 2.72. The number of hydrogen-bond donors (Lipinski definition) is 2. The number of ether oxygens (including phenoxy) is 1. The van der Waals surface area contributed by atoms with Gasteiger partial charge in [-0.25, -0.2) is 4.79 Å². The van der Waals surface area contributed by atoms with E-state index in [1.807, 2.05) is 31.2 Å². The van der Waals surface area contributed by atoms with E-state index < -0.39 is 41.9 Å². The molecule has 4 atom stereocenters. The van der Waals surface area contributed by atoms with Crippen LogP contribution in [-0.4, -0.2) is 54.1 Å². The second-order valence-corrected chi connectivity index (χ2v) is 6.53. The van der Waals surface area contributed by atoms with Gasteiger partial charge in [-0.3, -0.25) is 14.5 Å². The van der Waals surface area contributed by atoms with Crippen LogP contribution in [0.2, 0.25) is 0 Å². The molecular weight excluding hydrogens is 312 g/mol. The van der Waals surface area contributed by atoms with Gasteiger partial charge in [0.25, 0.3) is 0 Å². The zero-order chi connectivity index (χ0) is 17.6. The number of fused-ring (bicyclic) bond motifs is 1. The molecule has 1 aromatic rings. The van der Waals surface area contributed by atoms with Crippen molar-refractivity contribution in [3.63, 3.8) is 0 Å². The van der Waals surface area contributed by atoms with Gasteiger partial charge in [-0.05, 0) is 6.92 Å². The second kappa shape index (κ2) is 5.68. The molecule has 0 aliphatic carbocycles. The molecule has 1 aromatic carbocycles. The largest absolute Gasteiger partial charge is 0.464 e. The predicted molar refractivity (Wildman–Crippen MR) is 82.4 cm³/mol. The molecular formula is C17H21N2O5+. The Bertz CT molecular complexity index is 701. The maximum atomic E-state index is 12.6. The molecule has 3 rings (SSSR count). The number of quaternary nitrogens is 1. The van der Waals surface area contributed by atoms with E-state index in [0.717, 1.165) is 16.0 Å². The summed E-state index contributed by atoms with van der Waals surface area (Å²) in [6.07, 6.45) is 0. The number of esters is 1. The number of amides is 2. The standard InChI is InChI=1S/C17H20N2O5/c1-9-4-6-10(7-5-9)13-11-12(15(22)19(2)14(11)21)17(8-20,18-13)16(23)24-3/h4-7,11-13,18,20H,8H2,1-3H3/p+1/t11-,12+,13-,17+/m1/s1. The van der Waals surface area contributed by atoms with Crippen molar-refractivity contribution in [3.8, 4) is 0 Å². The van der Waals surface area contributed by atoms with Crippen LogP contribution < -0.4 is 5.32 Å². The molecule has 7 nitrogen and oxygen atoms in total. The van der Waals surface area contributed by atoms with E-state index in [4.69, 9.17) is 4.74 Å². The molecule has 7 heteroatoms. The molecule has 128 valence electrons. The molecule has 24 heavy (non-hydrogen) atoms. The number of nitrogens with two attached hydrogens (primary N) is 1. The highest BCUT2D eigenvalue weighted by atomic mass is 16.5. The van der Waals surface area contributed by atoms with Gasteiger partial charge < -0.3 is 15.2 Å². The van der Waals surface area contributed by atoms with E-state index in [9.17, 15) is 19.5 Å². The van der Waals surface area contributed by atoms with Gasteiger partial charge in [-0.15, -0.1) is 0 Å². The number of rotatable bonds is 3. The fourth-order valence-corrected chi connectivity index (χ4v) is 3.96. The molecule has 0 unspecified atom stereocenters. The molecule has 2 saturated heterocycles. The number of nitrogens with zero attached hydrogens (tertiary/aromatic N) is 1. The number of aliphatic hydroxyl groups excluding tert-OH is 1. The third-order valence-corrected chi connectivity index (χ3v) is 5.28. The number of hydrogen-bond acceptors (Lipinski definition) is 5. The zero-order valence-corrected chi connectivity index (χ0v) is 13.9.